The lowest BCUT2D eigenvalue weighted by Crippen LogP contribution is -2.48. The Kier molecular flexibility index (Phi) is 4.61. The number of amides is 2. The van der Waals surface area contributed by atoms with Crippen LogP contribution in [0.1, 0.15) is 53.2 Å². The van der Waals surface area contributed by atoms with Crippen LogP contribution in [0.3, 0.4) is 0 Å². The first-order chi connectivity index (χ1) is 14.6. The van der Waals surface area contributed by atoms with Crippen molar-refractivity contribution in [1.82, 2.24) is 14.8 Å². The van der Waals surface area contributed by atoms with E-state index in [-0.39, 0.29) is 17.9 Å². The molecule has 2 aliphatic rings. The van der Waals surface area contributed by atoms with Gasteiger partial charge in [-0.1, -0.05) is 43.3 Å². The van der Waals surface area contributed by atoms with Crippen LogP contribution in [0.15, 0.2) is 54.7 Å². The van der Waals surface area contributed by atoms with Crippen molar-refractivity contribution in [2.24, 2.45) is 5.92 Å². The van der Waals surface area contributed by atoms with Gasteiger partial charge in [-0.05, 0) is 36.5 Å². The molecule has 2 aliphatic heterocycles. The van der Waals surface area contributed by atoms with Crippen LogP contribution in [0.4, 0.5) is 0 Å². The summed E-state index contributed by atoms with van der Waals surface area (Å²) in [5.74, 6) is 0.196. The van der Waals surface area contributed by atoms with Gasteiger partial charge in [0.2, 0.25) is 5.91 Å². The molecular formula is C25H27N3O2. The molecule has 3 aromatic rings. The van der Waals surface area contributed by atoms with Crippen molar-refractivity contribution in [2.45, 2.75) is 31.7 Å². The minimum atomic E-state index is -0.409. The van der Waals surface area contributed by atoms with Gasteiger partial charge in [0.05, 0.1) is 12.0 Å². The van der Waals surface area contributed by atoms with Crippen LogP contribution in [0.5, 0.6) is 0 Å². The maximum absolute atomic E-state index is 13.9. The first kappa shape index (κ1) is 18.9. The fourth-order valence-corrected chi connectivity index (χ4v) is 5.25. The van der Waals surface area contributed by atoms with E-state index in [0.29, 0.717) is 11.5 Å². The molecule has 5 heteroatoms. The number of nitrogens with one attached hydrogen (secondary N) is 1. The van der Waals surface area contributed by atoms with Gasteiger partial charge in [-0.15, -0.1) is 0 Å². The van der Waals surface area contributed by atoms with E-state index in [4.69, 9.17) is 0 Å². The van der Waals surface area contributed by atoms with Gasteiger partial charge < -0.3 is 14.8 Å². The third kappa shape index (κ3) is 2.92. The van der Waals surface area contributed by atoms with E-state index in [0.717, 1.165) is 48.0 Å². The summed E-state index contributed by atoms with van der Waals surface area (Å²) in [5.41, 5.74) is 3.50. The highest BCUT2D eigenvalue weighted by atomic mass is 16.2. The van der Waals surface area contributed by atoms with Crippen LogP contribution in [0.25, 0.3) is 10.9 Å². The van der Waals surface area contributed by atoms with Gasteiger partial charge in [-0.3, -0.25) is 9.59 Å². The van der Waals surface area contributed by atoms with Crippen LogP contribution in [0, 0.1) is 5.92 Å². The van der Waals surface area contributed by atoms with Crippen LogP contribution in [0.2, 0.25) is 0 Å². The number of aromatic nitrogens is 1. The van der Waals surface area contributed by atoms with Gasteiger partial charge >= 0.3 is 0 Å². The van der Waals surface area contributed by atoms with Crippen molar-refractivity contribution in [2.75, 3.05) is 20.1 Å². The number of hydrogen-bond acceptors (Lipinski definition) is 2. The van der Waals surface area contributed by atoms with E-state index in [1.165, 1.54) is 0 Å². The maximum atomic E-state index is 13.9. The Balaban J connectivity index is 1.67. The normalized spacial score (nSPS) is 24.2. The standard InChI is InChI=1S/C25H27N3O2/c1-16-8-7-13-28(15-16)25(30)22-18-10-3-4-11-19(18)24(29)27(2)23(22)20-14-26-21-12-6-5-9-17(20)21/h3-6,9-12,14,16,22-23,26H,7-8,13,15H2,1-2H3. The molecule has 1 aromatic heterocycles. The Morgan fingerprint density at radius 3 is 2.67 bits per heavy atom. The number of likely N-dealkylation sites (tertiary alicyclic amines) is 1. The van der Waals surface area contributed by atoms with Crippen molar-refractivity contribution < 1.29 is 9.59 Å². The monoisotopic (exact) mass is 401 g/mol. The molecule has 2 aromatic carbocycles. The second-order valence-electron chi connectivity index (χ2n) is 8.75. The van der Waals surface area contributed by atoms with Gasteiger partial charge in [0, 0.05) is 48.4 Å². The lowest BCUT2D eigenvalue weighted by Gasteiger charge is -2.42. The number of piperidine rings is 1. The summed E-state index contributed by atoms with van der Waals surface area (Å²) in [5, 5.41) is 1.06. The average Bonchev–Trinajstić information content (AvgIpc) is 3.19. The summed E-state index contributed by atoms with van der Waals surface area (Å²) in [6, 6.07) is 15.4. The van der Waals surface area contributed by atoms with Crippen molar-refractivity contribution in [3.63, 3.8) is 0 Å². The summed E-state index contributed by atoms with van der Waals surface area (Å²) in [6.45, 7) is 3.79. The average molecular weight is 402 g/mol. The molecule has 154 valence electrons. The predicted molar refractivity (Wildman–Crippen MR) is 117 cm³/mol. The molecule has 0 radical (unpaired) electrons. The number of H-pyrrole nitrogens is 1. The number of rotatable bonds is 2. The van der Waals surface area contributed by atoms with Crippen molar-refractivity contribution in [3.8, 4) is 0 Å². The molecule has 1 fully saturated rings. The zero-order chi connectivity index (χ0) is 20.8. The lowest BCUT2D eigenvalue weighted by molar-refractivity contribution is -0.136. The topological polar surface area (TPSA) is 56.4 Å². The van der Waals surface area contributed by atoms with E-state index in [1.807, 2.05) is 60.6 Å². The molecule has 2 amide bonds. The second-order valence-corrected chi connectivity index (χ2v) is 8.75. The molecular weight excluding hydrogens is 374 g/mol. The van der Waals surface area contributed by atoms with E-state index in [2.05, 4.69) is 18.0 Å². The number of aromatic amines is 1. The van der Waals surface area contributed by atoms with Crippen molar-refractivity contribution in [1.29, 1.82) is 0 Å². The van der Waals surface area contributed by atoms with E-state index in [9.17, 15) is 9.59 Å². The third-order valence-corrected chi connectivity index (χ3v) is 6.75. The highest BCUT2D eigenvalue weighted by Crippen LogP contribution is 2.45. The van der Waals surface area contributed by atoms with Crippen molar-refractivity contribution in [3.05, 3.63) is 71.4 Å². The van der Waals surface area contributed by atoms with Crippen LogP contribution in [-0.2, 0) is 4.79 Å². The molecule has 0 spiro atoms. The minimum absolute atomic E-state index is 0.0306. The van der Waals surface area contributed by atoms with Gasteiger partial charge in [0.1, 0.15) is 0 Å². The Labute approximate surface area is 176 Å². The minimum Gasteiger partial charge on any atom is -0.361 e. The Morgan fingerprint density at radius 1 is 1.07 bits per heavy atom. The summed E-state index contributed by atoms with van der Waals surface area (Å²) >= 11 is 0. The molecule has 0 saturated carbocycles. The quantitative estimate of drug-likeness (QED) is 0.695. The largest absolute Gasteiger partial charge is 0.361 e. The lowest BCUT2D eigenvalue weighted by atomic mass is 9.78. The van der Waals surface area contributed by atoms with E-state index >= 15 is 0 Å². The predicted octanol–water partition coefficient (Wildman–Crippen LogP) is 4.34. The van der Waals surface area contributed by atoms with Gasteiger partial charge in [-0.2, -0.15) is 0 Å². The zero-order valence-electron chi connectivity index (χ0n) is 17.5. The third-order valence-electron chi connectivity index (χ3n) is 6.75. The van der Waals surface area contributed by atoms with E-state index < -0.39 is 5.92 Å². The Hall–Kier alpha value is -3.08. The maximum Gasteiger partial charge on any atom is 0.254 e. The first-order valence-corrected chi connectivity index (χ1v) is 10.8. The number of nitrogens with zero attached hydrogens (tertiary/aromatic N) is 2. The molecule has 30 heavy (non-hydrogen) atoms. The van der Waals surface area contributed by atoms with Crippen LogP contribution in [-0.4, -0.2) is 46.7 Å². The SMILES string of the molecule is CC1CCCN(C(=O)C2c3ccccc3C(=O)N(C)C2c2c[nH]c3ccccc23)C1. The molecule has 5 nitrogen and oxygen atoms in total. The van der Waals surface area contributed by atoms with Gasteiger partial charge in [-0.25, -0.2) is 0 Å². The van der Waals surface area contributed by atoms with Gasteiger partial charge in [0.15, 0.2) is 0 Å². The molecule has 3 unspecified atom stereocenters. The highest BCUT2D eigenvalue weighted by Gasteiger charge is 2.45. The number of likely N-dealkylation sites (N-methyl/N-ethyl adjacent to an activating group) is 1. The number of para-hydroxylation sites is 1. The number of fused-ring (bicyclic) bond motifs is 2. The molecule has 5 rings (SSSR count). The first-order valence-electron chi connectivity index (χ1n) is 10.8. The molecule has 3 atom stereocenters. The number of carbonyl (C=O) groups excluding carboxylic acids is 2. The fraction of sp³-hybridized carbons (Fsp3) is 0.360. The molecule has 3 heterocycles. The second kappa shape index (κ2) is 7.31. The number of carbonyl (C=O) groups is 2. The smallest absolute Gasteiger partial charge is 0.254 e. The fourth-order valence-electron chi connectivity index (χ4n) is 5.25. The zero-order valence-corrected chi connectivity index (χ0v) is 17.5. The molecule has 1 saturated heterocycles. The Bertz CT molecular complexity index is 1120. The molecule has 0 aliphatic carbocycles. The van der Waals surface area contributed by atoms with E-state index in [1.54, 1.807) is 4.90 Å². The summed E-state index contributed by atoms with van der Waals surface area (Å²) in [7, 11) is 1.82. The molecule has 0 bridgehead atoms. The number of hydrogen-bond donors (Lipinski definition) is 1. The highest BCUT2D eigenvalue weighted by molar-refractivity contribution is 6.02. The van der Waals surface area contributed by atoms with Gasteiger partial charge in [0.25, 0.3) is 5.91 Å². The summed E-state index contributed by atoms with van der Waals surface area (Å²) in [6.07, 6.45) is 4.16. The Morgan fingerprint density at radius 2 is 1.83 bits per heavy atom. The summed E-state index contributed by atoms with van der Waals surface area (Å²) < 4.78 is 0. The summed E-state index contributed by atoms with van der Waals surface area (Å²) in [4.78, 5) is 34.3. The van der Waals surface area contributed by atoms with Crippen molar-refractivity contribution >= 4 is 22.7 Å². The number of benzene rings is 2. The van der Waals surface area contributed by atoms with Crippen LogP contribution < -0.4 is 0 Å². The van der Waals surface area contributed by atoms with Crippen LogP contribution >= 0.6 is 0 Å². The molecule has 1 N–H and O–H groups in total.